The molecule has 8 heteroatoms. The molecule has 0 heterocycles. The Morgan fingerprint density at radius 2 is 1.76 bits per heavy atom. The standard InChI is InChI=1S/C17H20N2O5S/c1-23-13-5-8-15(16(11-13)24-2)17(20)19-10-9-12-3-6-14(7-4-12)25(18,21)22/h3-8,11H,9-10H2,1-2H3,(H,19,20)(H2,18,21,22). The van der Waals surface area contributed by atoms with Crippen molar-refractivity contribution in [1.29, 1.82) is 0 Å². The molecule has 2 aromatic carbocycles. The number of nitrogens with one attached hydrogen (secondary N) is 1. The number of sulfonamides is 1. The van der Waals surface area contributed by atoms with Gasteiger partial charge in [0.15, 0.2) is 0 Å². The van der Waals surface area contributed by atoms with E-state index in [1.165, 1.54) is 26.4 Å². The molecule has 134 valence electrons. The maximum absolute atomic E-state index is 12.3. The first kappa shape index (κ1) is 18.8. The van der Waals surface area contributed by atoms with Gasteiger partial charge in [-0.25, -0.2) is 13.6 Å². The molecule has 25 heavy (non-hydrogen) atoms. The Labute approximate surface area is 146 Å². The summed E-state index contributed by atoms with van der Waals surface area (Å²) in [4.78, 5) is 12.3. The Balaban J connectivity index is 1.96. The SMILES string of the molecule is COc1ccc(C(=O)NCCc2ccc(S(N)(=O)=O)cc2)c(OC)c1. The van der Waals surface area contributed by atoms with E-state index in [-0.39, 0.29) is 10.8 Å². The van der Waals surface area contributed by atoms with Crippen LogP contribution in [0.25, 0.3) is 0 Å². The van der Waals surface area contributed by atoms with Crippen LogP contribution in [0.5, 0.6) is 11.5 Å². The van der Waals surface area contributed by atoms with Crippen molar-refractivity contribution in [3.63, 3.8) is 0 Å². The van der Waals surface area contributed by atoms with Gasteiger partial charge in [0.2, 0.25) is 10.0 Å². The summed E-state index contributed by atoms with van der Waals surface area (Å²) in [5.41, 5.74) is 1.29. The Morgan fingerprint density at radius 1 is 1.08 bits per heavy atom. The lowest BCUT2D eigenvalue weighted by Gasteiger charge is -2.11. The highest BCUT2D eigenvalue weighted by Gasteiger charge is 2.13. The first-order valence-electron chi connectivity index (χ1n) is 7.47. The second-order valence-corrected chi connectivity index (χ2v) is 6.82. The zero-order valence-corrected chi connectivity index (χ0v) is 14.8. The molecule has 0 aliphatic carbocycles. The second kappa shape index (κ2) is 8.00. The number of hydrogen-bond donors (Lipinski definition) is 2. The number of amides is 1. The van der Waals surface area contributed by atoms with E-state index in [9.17, 15) is 13.2 Å². The van der Waals surface area contributed by atoms with Crippen LogP contribution in [0.1, 0.15) is 15.9 Å². The van der Waals surface area contributed by atoms with Crippen LogP contribution in [0.4, 0.5) is 0 Å². The van der Waals surface area contributed by atoms with Crippen LogP contribution in [0, 0.1) is 0 Å². The van der Waals surface area contributed by atoms with E-state index in [1.54, 1.807) is 30.3 Å². The van der Waals surface area contributed by atoms with Gasteiger partial charge in [-0.05, 0) is 36.2 Å². The van der Waals surface area contributed by atoms with Gasteiger partial charge in [0.25, 0.3) is 5.91 Å². The number of benzene rings is 2. The summed E-state index contributed by atoms with van der Waals surface area (Å²) < 4.78 is 32.7. The van der Waals surface area contributed by atoms with Crippen LogP contribution >= 0.6 is 0 Å². The van der Waals surface area contributed by atoms with E-state index >= 15 is 0 Å². The first-order valence-corrected chi connectivity index (χ1v) is 9.01. The van der Waals surface area contributed by atoms with Crippen molar-refractivity contribution in [2.75, 3.05) is 20.8 Å². The number of primary sulfonamides is 1. The molecular formula is C17H20N2O5S. The van der Waals surface area contributed by atoms with E-state index in [0.29, 0.717) is 30.0 Å². The summed E-state index contributed by atoms with van der Waals surface area (Å²) >= 11 is 0. The zero-order valence-electron chi connectivity index (χ0n) is 14.0. The number of ether oxygens (including phenoxy) is 2. The summed E-state index contributed by atoms with van der Waals surface area (Å²) in [7, 11) is -0.675. The number of rotatable bonds is 7. The molecule has 0 saturated carbocycles. The number of hydrogen-bond acceptors (Lipinski definition) is 5. The van der Waals surface area contributed by atoms with Gasteiger partial charge in [0.1, 0.15) is 11.5 Å². The van der Waals surface area contributed by atoms with Gasteiger partial charge in [-0.2, -0.15) is 0 Å². The maximum Gasteiger partial charge on any atom is 0.255 e. The molecule has 0 saturated heterocycles. The van der Waals surface area contributed by atoms with Crippen LogP contribution in [-0.4, -0.2) is 35.1 Å². The van der Waals surface area contributed by atoms with Crippen molar-refractivity contribution in [3.05, 3.63) is 53.6 Å². The second-order valence-electron chi connectivity index (χ2n) is 5.26. The van der Waals surface area contributed by atoms with E-state index in [1.807, 2.05) is 0 Å². The number of nitrogens with two attached hydrogens (primary N) is 1. The lowest BCUT2D eigenvalue weighted by molar-refractivity contribution is 0.0951. The summed E-state index contributed by atoms with van der Waals surface area (Å²) in [6.07, 6.45) is 0.551. The van der Waals surface area contributed by atoms with Crippen LogP contribution in [0.15, 0.2) is 47.4 Å². The number of carbonyl (C=O) groups is 1. The fourth-order valence-electron chi connectivity index (χ4n) is 2.25. The third-order valence-corrected chi connectivity index (χ3v) is 4.53. The van der Waals surface area contributed by atoms with Crippen LogP contribution < -0.4 is 19.9 Å². The molecule has 2 rings (SSSR count). The number of carbonyl (C=O) groups excluding carboxylic acids is 1. The Morgan fingerprint density at radius 3 is 2.32 bits per heavy atom. The fourth-order valence-corrected chi connectivity index (χ4v) is 2.76. The Bertz CT molecular complexity index is 848. The molecule has 0 bridgehead atoms. The van der Waals surface area contributed by atoms with Gasteiger partial charge in [-0.1, -0.05) is 12.1 Å². The summed E-state index contributed by atoms with van der Waals surface area (Å²) in [6, 6.07) is 11.2. The Hall–Kier alpha value is -2.58. The molecule has 1 amide bonds. The van der Waals surface area contributed by atoms with Gasteiger partial charge in [-0.3, -0.25) is 4.79 Å². The monoisotopic (exact) mass is 364 g/mol. The maximum atomic E-state index is 12.3. The third kappa shape index (κ3) is 4.94. The Kier molecular flexibility index (Phi) is 6.00. The van der Waals surface area contributed by atoms with Crippen molar-refractivity contribution in [1.82, 2.24) is 5.32 Å². The predicted octanol–water partition coefficient (Wildman–Crippen LogP) is 1.32. The van der Waals surface area contributed by atoms with E-state index in [0.717, 1.165) is 5.56 Å². The molecule has 0 spiro atoms. The minimum Gasteiger partial charge on any atom is -0.497 e. The molecule has 2 aromatic rings. The van der Waals surface area contributed by atoms with Crippen molar-refractivity contribution in [2.45, 2.75) is 11.3 Å². The minimum atomic E-state index is -3.70. The number of methoxy groups -OCH3 is 2. The normalized spacial score (nSPS) is 11.0. The van der Waals surface area contributed by atoms with Gasteiger partial charge in [0.05, 0.1) is 24.7 Å². The highest BCUT2D eigenvalue weighted by Crippen LogP contribution is 2.24. The molecule has 0 aliphatic heterocycles. The fraction of sp³-hybridized carbons (Fsp3) is 0.235. The molecule has 7 nitrogen and oxygen atoms in total. The van der Waals surface area contributed by atoms with Crippen molar-refractivity contribution < 1.29 is 22.7 Å². The minimum absolute atomic E-state index is 0.0586. The van der Waals surface area contributed by atoms with E-state index in [2.05, 4.69) is 5.32 Å². The highest BCUT2D eigenvalue weighted by atomic mass is 32.2. The predicted molar refractivity (Wildman–Crippen MR) is 93.4 cm³/mol. The van der Waals surface area contributed by atoms with Crippen molar-refractivity contribution in [2.24, 2.45) is 5.14 Å². The quantitative estimate of drug-likeness (QED) is 0.770. The van der Waals surface area contributed by atoms with Crippen LogP contribution in [0.3, 0.4) is 0 Å². The van der Waals surface area contributed by atoms with E-state index in [4.69, 9.17) is 14.6 Å². The molecule has 0 unspecified atom stereocenters. The molecule has 0 radical (unpaired) electrons. The first-order chi connectivity index (χ1) is 11.8. The average molecular weight is 364 g/mol. The van der Waals surface area contributed by atoms with Crippen molar-refractivity contribution >= 4 is 15.9 Å². The molecule has 3 N–H and O–H groups in total. The molecule has 0 fully saturated rings. The van der Waals surface area contributed by atoms with E-state index < -0.39 is 10.0 Å². The molecule has 0 aromatic heterocycles. The molecule has 0 atom stereocenters. The van der Waals surface area contributed by atoms with Crippen molar-refractivity contribution in [3.8, 4) is 11.5 Å². The topological polar surface area (TPSA) is 108 Å². The van der Waals surface area contributed by atoms with Gasteiger partial charge < -0.3 is 14.8 Å². The van der Waals surface area contributed by atoms with Gasteiger partial charge in [-0.15, -0.1) is 0 Å². The lowest BCUT2D eigenvalue weighted by Crippen LogP contribution is -2.26. The molecule has 0 aliphatic rings. The highest BCUT2D eigenvalue weighted by molar-refractivity contribution is 7.89. The summed E-state index contributed by atoms with van der Waals surface area (Å²) in [5, 5.41) is 7.86. The lowest BCUT2D eigenvalue weighted by atomic mass is 10.1. The smallest absolute Gasteiger partial charge is 0.255 e. The largest absolute Gasteiger partial charge is 0.497 e. The van der Waals surface area contributed by atoms with Crippen LogP contribution in [-0.2, 0) is 16.4 Å². The third-order valence-electron chi connectivity index (χ3n) is 3.60. The summed E-state index contributed by atoms with van der Waals surface area (Å²) in [5.74, 6) is 0.762. The molecular weight excluding hydrogens is 344 g/mol. The van der Waals surface area contributed by atoms with Gasteiger partial charge in [0, 0.05) is 12.6 Å². The summed E-state index contributed by atoms with van der Waals surface area (Å²) in [6.45, 7) is 0.392. The average Bonchev–Trinajstić information content (AvgIpc) is 2.60. The van der Waals surface area contributed by atoms with Crippen LogP contribution in [0.2, 0.25) is 0 Å². The zero-order chi connectivity index (χ0) is 18.4. The van der Waals surface area contributed by atoms with Gasteiger partial charge >= 0.3 is 0 Å².